The van der Waals surface area contributed by atoms with Crippen molar-refractivity contribution in [3.8, 4) is 6.07 Å². The van der Waals surface area contributed by atoms with Gasteiger partial charge in [-0.2, -0.15) is 5.26 Å². The maximum Gasteiger partial charge on any atom is 0.338 e. The van der Waals surface area contributed by atoms with E-state index in [2.05, 4.69) is 0 Å². The van der Waals surface area contributed by atoms with Crippen LogP contribution in [-0.4, -0.2) is 24.2 Å². The summed E-state index contributed by atoms with van der Waals surface area (Å²) in [6, 6.07) is 4.28. The lowest BCUT2D eigenvalue weighted by Gasteiger charge is -2.27. The molecule has 20 heavy (non-hydrogen) atoms. The quantitative estimate of drug-likeness (QED) is 0.781. The predicted octanol–water partition coefficient (Wildman–Crippen LogP) is 2.48. The maximum absolute atomic E-state index is 13.8. The van der Waals surface area contributed by atoms with E-state index in [1.54, 1.807) is 4.90 Å². The molecular weight excluding hydrogens is 261 g/mol. The fourth-order valence-electron chi connectivity index (χ4n) is 1.95. The summed E-state index contributed by atoms with van der Waals surface area (Å²) in [5.41, 5.74) is 6.00. The first-order valence-corrected chi connectivity index (χ1v) is 6.31. The number of nitrogens with two attached hydrogens (primary N) is 1. The van der Waals surface area contributed by atoms with Gasteiger partial charge in [0.05, 0.1) is 29.4 Å². The topological polar surface area (TPSA) is 90.3 Å². The molecule has 0 amide bonds. The van der Waals surface area contributed by atoms with Gasteiger partial charge in [0, 0.05) is 19.2 Å². The van der Waals surface area contributed by atoms with E-state index < -0.39 is 17.3 Å². The third kappa shape index (κ3) is 3.85. The first kappa shape index (κ1) is 15.8. The molecule has 0 aliphatic rings. The number of rotatable bonds is 6. The number of nitrogen functional groups attached to an aromatic ring is 1. The smallest absolute Gasteiger partial charge is 0.338 e. The number of aromatic carboxylic acids is 1. The summed E-state index contributed by atoms with van der Waals surface area (Å²) in [6.07, 6.45) is 0.286. The Morgan fingerprint density at radius 1 is 1.55 bits per heavy atom. The molecule has 0 saturated carbocycles. The second kappa shape index (κ2) is 6.75. The number of benzene rings is 1. The van der Waals surface area contributed by atoms with Crippen LogP contribution in [0.25, 0.3) is 0 Å². The number of carboxylic acid groups (broad SMARTS) is 1. The number of nitriles is 1. The highest BCUT2D eigenvalue weighted by molar-refractivity contribution is 5.91. The first-order valence-electron chi connectivity index (χ1n) is 6.31. The van der Waals surface area contributed by atoms with Crippen molar-refractivity contribution in [1.29, 1.82) is 5.26 Å². The summed E-state index contributed by atoms with van der Waals surface area (Å²) in [6.45, 7) is 5.03. The lowest BCUT2D eigenvalue weighted by molar-refractivity contribution is 0.0692. The van der Waals surface area contributed by atoms with Crippen LogP contribution < -0.4 is 10.6 Å². The van der Waals surface area contributed by atoms with Crippen molar-refractivity contribution in [1.82, 2.24) is 0 Å². The second-order valence-corrected chi connectivity index (χ2v) is 4.94. The van der Waals surface area contributed by atoms with Gasteiger partial charge < -0.3 is 15.7 Å². The SMILES string of the molecule is CC(C)CN(CCC#N)c1cc(F)c(C(=O)O)cc1N. The molecule has 108 valence electrons. The Kier molecular flexibility index (Phi) is 5.32. The summed E-state index contributed by atoms with van der Waals surface area (Å²) < 4.78 is 13.8. The van der Waals surface area contributed by atoms with Crippen molar-refractivity contribution in [3.63, 3.8) is 0 Å². The summed E-state index contributed by atoms with van der Waals surface area (Å²) >= 11 is 0. The molecule has 0 aliphatic heterocycles. The fourth-order valence-corrected chi connectivity index (χ4v) is 1.95. The predicted molar refractivity (Wildman–Crippen MR) is 75.1 cm³/mol. The van der Waals surface area contributed by atoms with Gasteiger partial charge in [0.25, 0.3) is 0 Å². The molecule has 0 aliphatic carbocycles. The van der Waals surface area contributed by atoms with Crippen LogP contribution in [0.3, 0.4) is 0 Å². The third-order valence-corrected chi connectivity index (χ3v) is 2.77. The van der Waals surface area contributed by atoms with Crippen molar-refractivity contribution in [3.05, 3.63) is 23.5 Å². The van der Waals surface area contributed by atoms with Crippen LogP contribution in [0.2, 0.25) is 0 Å². The lowest BCUT2D eigenvalue weighted by Crippen LogP contribution is -2.29. The molecule has 0 spiro atoms. The Morgan fingerprint density at radius 2 is 2.20 bits per heavy atom. The van der Waals surface area contributed by atoms with Crippen LogP contribution in [0.5, 0.6) is 0 Å². The zero-order valence-corrected chi connectivity index (χ0v) is 11.6. The normalized spacial score (nSPS) is 10.3. The van der Waals surface area contributed by atoms with Crippen molar-refractivity contribution in [2.45, 2.75) is 20.3 Å². The van der Waals surface area contributed by atoms with Gasteiger partial charge in [0.1, 0.15) is 5.82 Å². The Hall–Kier alpha value is -2.29. The zero-order valence-electron chi connectivity index (χ0n) is 11.6. The van der Waals surface area contributed by atoms with Crippen LogP contribution in [-0.2, 0) is 0 Å². The van der Waals surface area contributed by atoms with Gasteiger partial charge in [-0.15, -0.1) is 0 Å². The zero-order chi connectivity index (χ0) is 15.3. The van der Waals surface area contributed by atoms with Gasteiger partial charge in [-0.25, -0.2) is 9.18 Å². The minimum Gasteiger partial charge on any atom is -0.478 e. The third-order valence-electron chi connectivity index (χ3n) is 2.77. The van der Waals surface area contributed by atoms with Gasteiger partial charge >= 0.3 is 5.97 Å². The number of anilines is 2. The number of carbonyl (C=O) groups is 1. The van der Waals surface area contributed by atoms with Crippen LogP contribution in [0.15, 0.2) is 12.1 Å². The molecule has 6 heteroatoms. The molecule has 5 nitrogen and oxygen atoms in total. The minimum atomic E-state index is -1.35. The summed E-state index contributed by atoms with van der Waals surface area (Å²) in [4.78, 5) is 12.7. The van der Waals surface area contributed by atoms with Gasteiger partial charge in [0.15, 0.2) is 0 Å². The van der Waals surface area contributed by atoms with Crippen LogP contribution in [0, 0.1) is 23.1 Å². The lowest BCUT2D eigenvalue weighted by atomic mass is 10.1. The summed E-state index contributed by atoms with van der Waals surface area (Å²) in [7, 11) is 0. The molecule has 1 rings (SSSR count). The monoisotopic (exact) mass is 279 g/mol. The molecule has 0 atom stereocenters. The van der Waals surface area contributed by atoms with Gasteiger partial charge in [-0.3, -0.25) is 0 Å². The molecule has 0 fully saturated rings. The number of halogens is 1. The number of hydrogen-bond donors (Lipinski definition) is 2. The molecule has 0 saturated heterocycles. The van der Waals surface area contributed by atoms with E-state index in [1.807, 2.05) is 19.9 Å². The Labute approximate surface area is 117 Å². The molecule has 0 unspecified atom stereocenters. The van der Waals surface area contributed by atoms with Crippen molar-refractivity contribution in [2.75, 3.05) is 23.7 Å². The summed E-state index contributed by atoms with van der Waals surface area (Å²) in [5.74, 6) is -1.88. The first-order chi connectivity index (χ1) is 9.36. The van der Waals surface area contributed by atoms with E-state index in [4.69, 9.17) is 16.1 Å². The number of hydrogen-bond acceptors (Lipinski definition) is 4. The molecule has 0 heterocycles. The van der Waals surface area contributed by atoms with Crippen LogP contribution in [0.4, 0.5) is 15.8 Å². The largest absolute Gasteiger partial charge is 0.478 e. The van der Waals surface area contributed by atoms with Gasteiger partial charge in [-0.1, -0.05) is 13.8 Å². The second-order valence-electron chi connectivity index (χ2n) is 4.94. The highest BCUT2D eigenvalue weighted by Crippen LogP contribution is 2.27. The average Bonchev–Trinajstić information content (AvgIpc) is 2.36. The van der Waals surface area contributed by atoms with E-state index in [0.29, 0.717) is 24.7 Å². The average molecular weight is 279 g/mol. The highest BCUT2D eigenvalue weighted by atomic mass is 19.1. The van der Waals surface area contributed by atoms with E-state index in [0.717, 1.165) is 12.1 Å². The van der Waals surface area contributed by atoms with E-state index >= 15 is 0 Å². The van der Waals surface area contributed by atoms with Gasteiger partial charge in [-0.05, 0) is 12.0 Å². The van der Waals surface area contributed by atoms with Crippen molar-refractivity contribution in [2.24, 2.45) is 5.92 Å². The van der Waals surface area contributed by atoms with Crippen LogP contribution >= 0.6 is 0 Å². The minimum absolute atomic E-state index is 0.197. The number of carboxylic acids is 1. The molecule has 0 aromatic heterocycles. The van der Waals surface area contributed by atoms with E-state index in [-0.39, 0.29) is 12.1 Å². The fraction of sp³-hybridized carbons (Fsp3) is 0.429. The molecule has 0 bridgehead atoms. The van der Waals surface area contributed by atoms with Crippen molar-refractivity contribution < 1.29 is 14.3 Å². The van der Waals surface area contributed by atoms with E-state index in [9.17, 15) is 9.18 Å². The Balaban J connectivity index is 3.16. The molecule has 1 aromatic rings. The van der Waals surface area contributed by atoms with Crippen molar-refractivity contribution >= 4 is 17.3 Å². The molecule has 1 aromatic carbocycles. The molecular formula is C14H18FN3O2. The standard InChI is InChI=1S/C14H18FN3O2/c1-9(2)8-18(5-3-4-16)13-7-11(15)10(14(19)20)6-12(13)17/h6-7,9H,3,5,8,17H2,1-2H3,(H,19,20). The maximum atomic E-state index is 13.8. The molecule has 0 radical (unpaired) electrons. The summed E-state index contributed by atoms with van der Waals surface area (Å²) in [5, 5.41) is 17.5. The Morgan fingerprint density at radius 3 is 2.70 bits per heavy atom. The molecule has 3 N–H and O–H groups in total. The highest BCUT2D eigenvalue weighted by Gasteiger charge is 2.18. The van der Waals surface area contributed by atoms with Crippen LogP contribution in [0.1, 0.15) is 30.6 Å². The Bertz CT molecular complexity index is 538. The van der Waals surface area contributed by atoms with Gasteiger partial charge in [0.2, 0.25) is 0 Å². The van der Waals surface area contributed by atoms with E-state index in [1.165, 1.54) is 0 Å². The number of nitrogens with zero attached hydrogens (tertiary/aromatic N) is 2.